The molecule has 1 aromatic carbocycles. The maximum Gasteiger partial charge on any atom is 0.410 e. The zero-order chi connectivity index (χ0) is 24.1. The fraction of sp³-hybridized carbons (Fsp3) is 0.708. The highest BCUT2D eigenvalue weighted by molar-refractivity contribution is 7.86. The van der Waals surface area contributed by atoms with Gasteiger partial charge in [0.1, 0.15) is 5.60 Å². The van der Waals surface area contributed by atoms with Crippen molar-refractivity contribution in [3.8, 4) is 0 Å². The molecule has 186 valence electrons. The summed E-state index contributed by atoms with van der Waals surface area (Å²) in [7, 11) is -3.80. The van der Waals surface area contributed by atoms with Crippen LogP contribution in [0.1, 0.15) is 52.0 Å². The lowest BCUT2D eigenvalue weighted by Gasteiger charge is -2.33. The Hall–Kier alpha value is -1.68. The third-order valence-electron chi connectivity index (χ3n) is 5.71. The van der Waals surface area contributed by atoms with Crippen LogP contribution in [0.5, 0.6) is 0 Å². The molecule has 9 heteroatoms. The van der Waals surface area contributed by atoms with Gasteiger partial charge in [-0.1, -0.05) is 17.7 Å². The monoisotopic (exact) mass is 483 g/mol. The first-order valence-electron chi connectivity index (χ1n) is 11.7. The molecule has 0 aromatic heterocycles. The van der Waals surface area contributed by atoms with Crippen LogP contribution in [-0.4, -0.2) is 70.1 Å². The van der Waals surface area contributed by atoms with Crippen molar-refractivity contribution in [2.45, 2.75) is 76.1 Å². The number of ether oxygens (including phenoxy) is 3. The molecule has 0 radical (unpaired) electrons. The number of rotatable bonds is 10. The molecule has 0 bridgehead atoms. The summed E-state index contributed by atoms with van der Waals surface area (Å²) in [6, 6.07) is 6.61. The van der Waals surface area contributed by atoms with Crippen molar-refractivity contribution in [3.05, 3.63) is 29.8 Å². The predicted molar refractivity (Wildman–Crippen MR) is 124 cm³/mol. The number of hydrogen-bond donors (Lipinski definition) is 0. The number of benzene rings is 1. The second-order valence-electron chi connectivity index (χ2n) is 9.84. The molecule has 1 aliphatic heterocycles. The summed E-state index contributed by atoms with van der Waals surface area (Å²) in [6.07, 6.45) is 3.07. The van der Waals surface area contributed by atoms with Gasteiger partial charge in [0, 0.05) is 13.1 Å². The highest BCUT2D eigenvalue weighted by Crippen LogP contribution is 2.35. The third-order valence-corrected chi connectivity index (χ3v) is 7.00. The maximum atomic E-state index is 12.4. The molecule has 1 aromatic rings. The van der Waals surface area contributed by atoms with Crippen LogP contribution in [0.25, 0.3) is 0 Å². The van der Waals surface area contributed by atoms with Crippen LogP contribution in [0.4, 0.5) is 4.79 Å². The van der Waals surface area contributed by atoms with Crippen molar-refractivity contribution in [2.75, 3.05) is 32.9 Å². The van der Waals surface area contributed by atoms with Crippen LogP contribution in [0, 0.1) is 12.8 Å². The van der Waals surface area contributed by atoms with Crippen molar-refractivity contribution >= 4 is 16.2 Å². The average Bonchev–Trinajstić information content (AvgIpc) is 3.58. The van der Waals surface area contributed by atoms with Crippen LogP contribution in [-0.2, 0) is 28.5 Å². The molecular formula is C24H37NO7S. The van der Waals surface area contributed by atoms with E-state index in [9.17, 15) is 13.2 Å². The van der Waals surface area contributed by atoms with E-state index in [-0.39, 0.29) is 29.8 Å². The predicted octanol–water partition coefficient (Wildman–Crippen LogP) is 3.91. The number of likely N-dealkylation sites (tertiary alicyclic amines) is 1. The molecule has 0 N–H and O–H groups in total. The van der Waals surface area contributed by atoms with Crippen LogP contribution in [0.3, 0.4) is 0 Å². The minimum Gasteiger partial charge on any atom is -0.444 e. The molecule has 8 nitrogen and oxygen atoms in total. The molecule has 1 heterocycles. The number of amides is 1. The fourth-order valence-corrected chi connectivity index (χ4v) is 4.58. The van der Waals surface area contributed by atoms with Crippen molar-refractivity contribution < 1.29 is 31.6 Å². The van der Waals surface area contributed by atoms with Crippen molar-refractivity contribution in [3.63, 3.8) is 0 Å². The lowest BCUT2D eigenvalue weighted by atomic mass is 10.1. The fourth-order valence-electron chi connectivity index (χ4n) is 3.66. The smallest absolute Gasteiger partial charge is 0.410 e. The SMILES string of the molecule is Cc1ccc(S(=O)(=O)OCC(OCCOC2CCN(C(=O)OC(C)(C)C)CC2)C2CC2)cc1. The van der Waals surface area contributed by atoms with Crippen molar-refractivity contribution in [1.29, 1.82) is 0 Å². The Morgan fingerprint density at radius 1 is 1.06 bits per heavy atom. The first-order valence-corrected chi connectivity index (χ1v) is 13.1. The van der Waals surface area contributed by atoms with Crippen molar-refractivity contribution in [2.24, 2.45) is 5.92 Å². The van der Waals surface area contributed by atoms with Gasteiger partial charge in [-0.15, -0.1) is 0 Å². The first kappa shape index (κ1) is 25.9. The zero-order valence-corrected chi connectivity index (χ0v) is 20.9. The zero-order valence-electron chi connectivity index (χ0n) is 20.1. The highest BCUT2D eigenvalue weighted by atomic mass is 32.2. The van der Waals surface area contributed by atoms with E-state index in [1.54, 1.807) is 29.2 Å². The van der Waals surface area contributed by atoms with Gasteiger partial charge >= 0.3 is 6.09 Å². The van der Waals surface area contributed by atoms with E-state index in [0.29, 0.717) is 32.2 Å². The van der Waals surface area contributed by atoms with E-state index in [0.717, 1.165) is 31.2 Å². The average molecular weight is 484 g/mol. The highest BCUT2D eigenvalue weighted by Gasteiger charge is 2.34. The quantitative estimate of drug-likeness (QED) is 0.368. The van der Waals surface area contributed by atoms with Gasteiger partial charge in [-0.2, -0.15) is 8.42 Å². The van der Waals surface area contributed by atoms with Crippen LogP contribution < -0.4 is 0 Å². The van der Waals surface area contributed by atoms with Gasteiger partial charge in [0.15, 0.2) is 0 Å². The van der Waals surface area contributed by atoms with Gasteiger partial charge in [-0.25, -0.2) is 4.79 Å². The molecule has 1 atom stereocenters. The number of nitrogens with zero attached hydrogens (tertiary/aromatic N) is 1. The summed E-state index contributed by atoms with van der Waals surface area (Å²) >= 11 is 0. The first-order chi connectivity index (χ1) is 15.5. The Morgan fingerprint density at radius 2 is 1.70 bits per heavy atom. The van der Waals surface area contributed by atoms with Gasteiger partial charge in [0.25, 0.3) is 10.1 Å². The molecular weight excluding hydrogens is 446 g/mol. The molecule has 1 aliphatic carbocycles. The van der Waals surface area contributed by atoms with Gasteiger partial charge in [0.2, 0.25) is 0 Å². The lowest BCUT2D eigenvalue weighted by Crippen LogP contribution is -2.43. The van der Waals surface area contributed by atoms with Crippen LogP contribution in [0.15, 0.2) is 29.2 Å². The number of carbonyl (C=O) groups excluding carboxylic acids is 1. The van der Waals surface area contributed by atoms with E-state index < -0.39 is 15.7 Å². The largest absolute Gasteiger partial charge is 0.444 e. The summed E-state index contributed by atoms with van der Waals surface area (Å²) < 4.78 is 47.4. The minimum absolute atomic E-state index is 0.00908. The summed E-state index contributed by atoms with van der Waals surface area (Å²) in [5.41, 5.74) is 0.493. The number of aryl methyl sites for hydroxylation is 1. The Bertz CT molecular complexity index is 867. The molecule has 2 aliphatic rings. The number of hydrogen-bond acceptors (Lipinski definition) is 7. The summed E-state index contributed by atoms with van der Waals surface area (Å²) in [5.74, 6) is 0.329. The van der Waals surface area contributed by atoms with E-state index in [2.05, 4.69) is 0 Å². The molecule has 2 fully saturated rings. The molecule has 1 saturated carbocycles. The minimum atomic E-state index is -3.80. The second kappa shape index (κ2) is 11.2. The molecule has 0 spiro atoms. The van der Waals surface area contributed by atoms with E-state index in [4.69, 9.17) is 18.4 Å². The van der Waals surface area contributed by atoms with Gasteiger partial charge in [-0.05, 0) is 71.4 Å². The maximum absolute atomic E-state index is 12.4. The van der Waals surface area contributed by atoms with Crippen LogP contribution >= 0.6 is 0 Å². The summed E-state index contributed by atoms with van der Waals surface area (Å²) in [6.45, 7) is 9.50. The summed E-state index contributed by atoms with van der Waals surface area (Å²) in [5, 5.41) is 0. The van der Waals surface area contributed by atoms with Gasteiger partial charge in [-0.3, -0.25) is 4.18 Å². The summed E-state index contributed by atoms with van der Waals surface area (Å²) in [4.78, 5) is 14.0. The Kier molecular flexibility index (Phi) is 8.77. The van der Waals surface area contributed by atoms with Gasteiger partial charge in [0.05, 0.1) is 36.9 Å². The van der Waals surface area contributed by atoms with Crippen molar-refractivity contribution in [1.82, 2.24) is 4.90 Å². The van der Waals surface area contributed by atoms with E-state index in [1.165, 1.54) is 0 Å². The van der Waals surface area contributed by atoms with Crippen LogP contribution in [0.2, 0.25) is 0 Å². The Morgan fingerprint density at radius 3 is 2.27 bits per heavy atom. The van der Waals surface area contributed by atoms with Gasteiger partial charge < -0.3 is 19.1 Å². The number of piperidine rings is 1. The Balaban J connectivity index is 1.35. The molecule has 1 amide bonds. The Labute approximate surface area is 197 Å². The topological polar surface area (TPSA) is 91.4 Å². The third kappa shape index (κ3) is 8.55. The molecule has 1 unspecified atom stereocenters. The number of carbonyl (C=O) groups is 1. The van der Waals surface area contributed by atoms with E-state index in [1.807, 2.05) is 27.7 Å². The molecule has 33 heavy (non-hydrogen) atoms. The molecule has 1 saturated heterocycles. The second-order valence-corrected chi connectivity index (χ2v) is 11.5. The standard InChI is InChI=1S/C24H37NO7S/c1-18-5-9-21(10-6-18)33(27,28)31-17-22(19-7-8-19)30-16-15-29-20-11-13-25(14-12-20)23(26)32-24(2,3)4/h5-6,9-10,19-20,22H,7-8,11-17H2,1-4H3. The molecule has 3 rings (SSSR count). The normalized spacial score (nSPS) is 18.8. The lowest BCUT2D eigenvalue weighted by molar-refractivity contribution is -0.0548. The van der Waals surface area contributed by atoms with E-state index >= 15 is 0 Å².